The van der Waals surface area contributed by atoms with Crippen LogP contribution in [-0.2, 0) is 0 Å². The first-order chi connectivity index (χ1) is 11.9. The van der Waals surface area contributed by atoms with Gasteiger partial charge in [-0.1, -0.05) is 37.5 Å². The van der Waals surface area contributed by atoms with Crippen LogP contribution >= 0.6 is 11.6 Å². The van der Waals surface area contributed by atoms with Gasteiger partial charge in [-0.15, -0.1) is 0 Å². The molecule has 25 heavy (non-hydrogen) atoms. The second kappa shape index (κ2) is 6.49. The van der Waals surface area contributed by atoms with Crippen LogP contribution in [0, 0.1) is 16.7 Å². The summed E-state index contributed by atoms with van der Waals surface area (Å²) in [5.41, 5.74) is -0.133. The molecular formula is C15H15ClN8O. The highest BCUT2D eigenvalue weighted by Gasteiger charge is 2.32. The summed E-state index contributed by atoms with van der Waals surface area (Å²) in [4.78, 5) is 12.6. The van der Waals surface area contributed by atoms with E-state index >= 15 is 0 Å². The molecule has 0 spiro atoms. The number of nitrogens with one attached hydrogen (secondary N) is 2. The molecule has 0 saturated carbocycles. The lowest BCUT2D eigenvalue weighted by molar-refractivity contribution is 0.268. The zero-order chi connectivity index (χ0) is 18.0. The third-order valence-corrected chi connectivity index (χ3v) is 3.73. The molecule has 0 bridgehead atoms. The summed E-state index contributed by atoms with van der Waals surface area (Å²) in [7, 11) is 0. The number of aromatic nitrogens is 6. The fraction of sp³-hybridized carbons (Fsp3) is 0.333. The Labute approximate surface area is 148 Å². The van der Waals surface area contributed by atoms with Crippen molar-refractivity contribution in [3.63, 3.8) is 0 Å². The summed E-state index contributed by atoms with van der Waals surface area (Å²) in [6, 6.07) is 4.91. The Morgan fingerprint density at radius 2 is 2.12 bits per heavy atom. The van der Waals surface area contributed by atoms with Crippen molar-refractivity contribution in [2.45, 2.75) is 26.8 Å². The van der Waals surface area contributed by atoms with Crippen molar-refractivity contribution in [1.82, 2.24) is 30.3 Å². The minimum atomic E-state index is -0.350. The van der Waals surface area contributed by atoms with Gasteiger partial charge in [-0.3, -0.25) is 5.10 Å². The van der Waals surface area contributed by atoms with Gasteiger partial charge in [-0.05, 0) is 17.5 Å². The number of aromatic amines is 1. The van der Waals surface area contributed by atoms with Crippen LogP contribution in [0.5, 0.6) is 0 Å². The third kappa shape index (κ3) is 3.59. The van der Waals surface area contributed by atoms with Crippen LogP contribution in [0.1, 0.15) is 38.4 Å². The quantitative estimate of drug-likeness (QED) is 0.728. The summed E-state index contributed by atoms with van der Waals surface area (Å²) in [6.45, 7) is 6.05. The molecule has 3 rings (SSSR count). The zero-order valence-electron chi connectivity index (χ0n) is 13.8. The number of pyridine rings is 1. The average molecular weight is 359 g/mol. The van der Waals surface area contributed by atoms with E-state index < -0.39 is 0 Å². The van der Waals surface area contributed by atoms with Gasteiger partial charge in [-0.2, -0.15) is 15.3 Å². The maximum absolute atomic E-state index is 9.08. The number of anilines is 1. The maximum atomic E-state index is 9.08. The molecule has 10 heteroatoms. The van der Waals surface area contributed by atoms with Crippen LogP contribution in [-0.4, -0.2) is 30.3 Å². The second-order valence-electron chi connectivity index (χ2n) is 6.37. The Morgan fingerprint density at radius 3 is 2.76 bits per heavy atom. The van der Waals surface area contributed by atoms with Crippen LogP contribution in [0.2, 0.25) is 5.02 Å². The molecular weight excluding hydrogens is 344 g/mol. The molecule has 9 nitrogen and oxygen atoms in total. The minimum Gasteiger partial charge on any atom is -0.358 e. The molecule has 1 atom stereocenters. The molecule has 0 aliphatic rings. The second-order valence-corrected chi connectivity index (χ2v) is 6.78. The molecule has 2 N–H and O–H groups in total. The lowest BCUT2D eigenvalue weighted by atomic mass is 9.86. The normalized spacial score (nSPS) is 12.6. The van der Waals surface area contributed by atoms with Gasteiger partial charge in [0.25, 0.3) is 0 Å². The van der Waals surface area contributed by atoms with E-state index in [2.05, 4.69) is 35.6 Å². The first-order valence-electron chi connectivity index (χ1n) is 7.41. The molecule has 0 amide bonds. The largest absolute Gasteiger partial charge is 0.358 e. The van der Waals surface area contributed by atoms with Gasteiger partial charge in [0.2, 0.25) is 11.7 Å². The van der Waals surface area contributed by atoms with Gasteiger partial charge in [0.15, 0.2) is 11.5 Å². The molecule has 0 aliphatic carbocycles. The van der Waals surface area contributed by atoms with Crippen molar-refractivity contribution < 1.29 is 4.52 Å². The minimum absolute atomic E-state index is 0.146. The zero-order valence-corrected chi connectivity index (χ0v) is 14.5. The van der Waals surface area contributed by atoms with E-state index in [1.165, 1.54) is 6.33 Å². The monoisotopic (exact) mass is 358 g/mol. The van der Waals surface area contributed by atoms with E-state index in [0.29, 0.717) is 28.4 Å². The van der Waals surface area contributed by atoms with E-state index in [-0.39, 0.29) is 17.2 Å². The highest BCUT2D eigenvalue weighted by molar-refractivity contribution is 6.31. The smallest absolute Gasteiger partial charge is 0.250 e. The molecule has 0 saturated heterocycles. The molecule has 0 radical (unpaired) electrons. The van der Waals surface area contributed by atoms with Crippen molar-refractivity contribution in [2.24, 2.45) is 5.41 Å². The Hall–Kier alpha value is -2.99. The van der Waals surface area contributed by atoms with E-state index in [0.717, 1.165) is 0 Å². The van der Waals surface area contributed by atoms with Crippen LogP contribution in [0.25, 0.3) is 11.6 Å². The van der Waals surface area contributed by atoms with Crippen molar-refractivity contribution in [3.8, 4) is 17.7 Å². The van der Waals surface area contributed by atoms with Gasteiger partial charge in [0.1, 0.15) is 24.3 Å². The maximum Gasteiger partial charge on any atom is 0.250 e. The summed E-state index contributed by atoms with van der Waals surface area (Å²) in [5.74, 6) is 1.58. The van der Waals surface area contributed by atoms with Crippen molar-refractivity contribution >= 4 is 17.4 Å². The molecule has 0 aromatic carbocycles. The molecule has 0 aliphatic heterocycles. The Morgan fingerprint density at radius 1 is 1.32 bits per heavy atom. The van der Waals surface area contributed by atoms with Gasteiger partial charge in [-0.25, -0.2) is 9.97 Å². The number of rotatable bonds is 4. The van der Waals surface area contributed by atoms with Gasteiger partial charge in [0.05, 0.1) is 5.02 Å². The van der Waals surface area contributed by atoms with Gasteiger partial charge < -0.3 is 9.84 Å². The Balaban J connectivity index is 1.93. The number of hydrogen-bond donors (Lipinski definition) is 2. The third-order valence-electron chi connectivity index (χ3n) is 3.43. The predicted molar refractivity (Wildman–Crippen MR) is 89.5 cm³/mol. The predicted octanol–water partition coefficient (Wildman–Crippen LogP) is 2.97. The number of halogens is 1. The SMILES string of the molecule is CC(C)(C)C(Nc1ccc(Cl)c(C#N)n1)c1nc(-c2ncn[nH]2)no1. The molecule has 3 heterocycles. The van der Waals surface area contributed by atoms with Crippen molar-refractivity contribution in [2.75, 3.05) is 5.32 Å². The van der Waals surface area contributed by atoms with Crippen molar-refractivity contribution in [1.29, 1.82) is 5.26 Å². The number of hydrogen-bond acceptors (Lipinski definition) is 8. The Kier molecular flexibility index (Phi) is 4.37. The molecule has 0 fully saturated rings. The Bertz CT molecular complexity index is 907. The summed E-state index contributed by atoms with van der Waals surface area (Å²) < 4.78 is 5.40. The highest BCUT2D eigenvalue weighted by atomic mass is 35.5. The lowest BCUT2D eigenvalue weighted by Crippen LogP contribution is -2.26. The van der Waals surface area contributed by atoms with Crippen LogP contribution in [0.3, 0.4) is 0 Å². The number of H-pyrrole nitrogens is 1. The van der Waals surface area contributed by atoms with Crippen molar-refractivity contribution in [3.05, 3.63) is 35.1 Å². The van der Waals surface area contributed by atoms with Crippen LogP contribution in [0.4, 0.5) is 5.82 Å². The topological polar surface area (TPSA) is 129 Å². The summed E-state index contributed by atoms with van der Waals surface area (Å²) in [6.07, 6.45) is 1.37. The fourth-order valence-corrected chi connectivity index (χ4v) is 2.31. The van der Waals surface area contributed by atoms with Crippen LogP contribution in [0.15, 0.2) is 23.0 Å². The molecule has 3 aromatic heterocycles. The van der Waals surface area contributed by atoms with E-state index in [1.54, 1.807) is 12.1 Å². The molecule has 3 aromatic rings. The number of nitrogens with zero attached hydrogens (tertiary/aromatic N) is 6. The first-order valence-corrected chi connectivity index (χ1v) is 7.79. The standard InChI is InChI=1S/C15H15ClN8O/c1-15(2,3)11(21-10-5-4-8(16)9(6-17)20-10)14-22-13(24-25-14)12-18-7-19-23-12/h4-5,7,11H,1-3H3,(H,20,21)(H,18,19,23). The van der Waals surface area contributed by atoms with Crippen LogP contribution < -0.4 is 5.32 Å². The van der Waals surface area contributed by atoms with Gasteiger partial charge in [0, 0.05) is 0 Å². The average Bonchev–Trinajstić information content (AvgIpc) is 3.24. The summed E-state index contributed by atoms with van der Waals surface area (Å²) >= 11 is 5.93. The van der Waals surface area contributed by atoms with E-state index in [1.807, 2.05) is 26.8 Å². The van der Waals surface area contributed by atoms with E-state index in [4.69, 9.17) is 21.4 Å². The molecule has 1 unspecified atom stereocenters. The molecule has 128 valence electrons. The lowest BCUT2D eigenvalue weighted by Gasteiger charge is -2.28. The summed E-state index contributed by atoms with van der Waals surface area (Å²) in [5, 5.41) is 23.0. The van der Waals surface area contributed by atoms with E-state index in [9.17, 15) is 0 Å². The van der Waals surface area contributed by atoms with Gasteiger partial charge >= 0.3 is 0 Å². The highest BCUT2D eigenvalue weighted by Crippen LogP contribution is 2.35. The first kappa shape index (κ1) is 16.9. The fourth-order valence-electron chi connectivity index (χ4n) is 2.16. The number of nitriles is 1.